The van der Waals surface area contributed by atoms with Crippen LogP contribution in [0.3, 0.4) is 0 Å². The van der Waals surface area contributed by atoms with Crippen LogP contribution >= 0.6 is 15.9 Å². The topological polar surface area (TPSA) is 55.5 Å². The highest BCUT2D eigenvalue weighted by molar-refractivity contribution is 9.10. The maximum atomic E-state index is 9.07. The van der Waals surface area contributed by atoms with Crippen molar-refractivity contribution in [2.45, 2.75) is 20.0 Å². The Bertz CT molecular complexity index is 303. The lowest BCUT2D eigenvalue weighted by Crippen LogP contribution is -2.14. The van der Waals surface area contributed by atoms with Gasteiger partial charge in [-0.25, -0.2) is 0 Å². The highest BCUT2D eigenvalue weighted by atomic mass is 79.9. The zero-order valence-corrected chi connectivity index (χ0v) is 9.84. The minimum Gasteiger partial charge on any atom is -0.488 e. The molecule has 0 aliphatic heterocycles. The quantitative estimate of drug-likeness (QED) is 0.818. The van der Waals surface area contributed by atoms with E-state index in [1.54, 1.807) is 13.0 Å². The molecule has 0 radical (unpaired) electrons. The van der Waals surface area contributed by atoms with Gasteiger partial charge in [0.25, 0.3) is 0 Å². The highest BCUT2D eigenvalue weighted by Gasteiger charge is 2.07. The number of hydrogen-bond acceptors (Lipinski definition) is 3. The molecule has 0 amide bonds. The van der Waals surface area contributed by atoms with Crippen LogP contribution in [-0.4, -0.2) is 17.8 Å². The minimum absolute atomic E-state index is 0.257. The van der Waals surface area contributed by atoms with Gasteiger partial charge in [-0.15, -0.1) is 0 Å². The molecule has 0 aromatic heterocycles. The molecule has 1 unspecified atom stereocenters. The number of halogens is 1. The van der Waals surface area contributed by atoms with Crippen LogP contribution in [0.1, 0.15) is 12.5 Å². The molecule has 1 aromatic rings. The Labute approximate surface area is 92.0 Å². The summed E-state index contributed by atoms with van der Waals surface area (Å²) < 4.78 is 6.32. The normalized spacial score (nSPS) is 12.6. The molecule has 0 saturated heterocycles. The summed E-state index contributed by atoms with van der Waals surface area (Å²) in [6.07, 6.45) is -0.488. The van der Waals surface area contributed by atoms with Crippen molar-refractivity contribution in [2.24, 2.45) is 0 Å². The molecule has 4 heteroatoms. The smallest absolute Gasteiger partial charge is 0.145 e. The van der Waals surface area contributed by atoms with E-state index in [-0.39, 0.29) is 6.61 Å². The maximum absolute atomic E-state index is 9.07. The number of nitrogen functional groups attached to an aromatic ring is 1. The van der Waals surface area contributed by atoms with Gasteiger partial charge in [0, 0.05) is 4.47 Å². The van der Waals surface area contributed by atoms with Crippen LogP contribution in [0.15, 0.2) is 16.6 Å². The Hall–Kier alpha value is -0.740. The van der Waals surface area contributed by atoms with Gasteiger partial charge in [0.2, 0.25) is 0 Å². The Morgan fingerprint density at radius 3 is 2.71 bits per heavy atom. The van der Waals surface area contributed by atoms with Gasteiger partial charge in [0.15, 0.2) is 0 Å². The first kappa shape index (κ1) is 11.3. The van der Waals surface area contributed by atoms with Crippen molar-refractivity contribution in [3.63, 3.8) is 0 Å². The molecule has 0 aliphatic carbocycles. The van der Waals surface area contributed by atoms with Crippen LogP contribution in [0.4, 0.5) is 5.69 Å². The monoisotopic (exact) mass is 259 g/mol. The van der Waals surface area contributed by atoms with Gasteiger partial charge in [0.1, 0.15) is 12.4 Å². The van der Waals surface area contributed by atoms with Crippen LogP contribution in [-0.2, 0) is 0 Å². The molecule has 0 bridgehead atoms. The molecule has 0 fully saturated rings. The van der Waals surface area contributed by atoms with Crippen molar-refractivity contribution in [1.29, 1.82) is 0 Å². The third kappa shape index (κ3) is 2.89. The third-order valence-electron chi connectivity index (χ3n) is 1.74. The second kappa shape index (κ2) is 4.66. The highest BCUT2D eigenvalue weighted by Crippen LogP contribution is 2.29. The number of nitrogens with two attached hydrogens (primary N) is 1. The lowest BCUT2D eigenvalue weighted by molar-refractivity contribution is 0.123. The molecule has 14 heavy (non-hydrogen) atoms. The van der Waals surface area contributed by atoms with Gasteiger partial charge >= 0.3 is 0 Å². The number of ether oxygens (including phenoxy) is 1. The van der Waals surface area contributed by atoms with Gasteiger partial charge in [0.05, 0.1) is 11.8 Å². The van der Waals surface area contributed by atoms with Gasteiger partial charge in [-0.05, 0) is 31.5 Å². The second-order valence-corrected chi connectivity index (χ2v) is 4.22. The van der Waals surface area contributed by atoms with E-state index in [0.29, 0.717) is 11.4 Å². The van der Waals surface area contributed by atoms with Crippen molar-refractivity contribution in [2.75, 3.05) is 12.3 Å². The molecule has 1 aromatic carbocycles. The van der Waals surface area contributed by atoms with Gasteiger partial charge in [-0.1, -0.05) is 15.9 Å². The van der Waals surface area contributed by atoms with Crippen LogP contribution < -0.4 is 10.5 Å². The van der Waals surface area contributed by atoms with Crippen molar-refractivity contribution in [3.05, 3.63) is 22.2 Å². The first-order valence-electron chi connectivity index (χ1n) is 4.37. The minimum atomic E-state index is -0.488. The van der Waals surface area contributed by atoms with Crippen molar-refractivity contribution in [1.82, 2.24) is 0 Å². The molecule has 0 aliphatic rings. The van der Waals surface area contributed by atoms with Crippen molar-refractivity contribution < 1.29 is 9.84 Å². The van der Waals surface area contributed by atoms with E-state index in [1.165, 1.54) is 0 Å². The molecular formula is C10H14BrNO2. The van der Waals surface area contributed by atoms with Crippen molar-refractivity contribution in [3.8, 4) is 5.75 Å². The summed E-state index contributed by atoms with van der Waals surface area (Å²) >= 11 is 3.34. The average molecular weight is 260 g/mol. The third-order valence-corrected chi connectivity index (χ3v) is 2.19. The van der Waals surface area contributed by atoms with Gasteiger partial charge < -0.3 is 15.6 Å². The summed E-state index contributed by atoms with van der Waals surface area (Å²) in [5, 5.41) is 9.07. The molecular weight excluding hydrogens is 246 g/mol. The molecule has 1 rings (SSSR count). The summed E-state index contributed by atoms with van der Waals surface area (Å²) in [5.41, 5.74) is 7.31. The molecule has 3 nitrogen and oxygen atoms in total. The average Bonchev–Trinajstić information content (AvgIpc) is 2.01. The lowest BCUT2D eigenvalue weighted by atomic mass is 10.2. The van der Waals surface area contributed by atoms with Gasteiger partial charge in [-0.3, -0.25) is 0 Å². The number of aryl methyl sites for hydroxylation is 1. The van der Waals surface area contributed by atoms with Crippen molar-refractivity contribution >= 4 is 21.6 Å². The second-order valence-electron chi connectivity index (χ2n) is 3.30. The fraction of sp³-hybridized carbons (Fsp3) is 0.400. The number of rotatable bonds is 3. The first-order valence-corrected chi connectivity index (χ1v) is 5.16. The van der Waals surface area contributed by atoms with Crippen LogP contribution in [0, 0.1) is 6.92 Å². The van der Waals surface area contributed by atoms with E-state index in [4.69, 9.17) is 15.6 Å². The summed E-state index contributed by atoms with van der Waals surface area (Å²) in [5.74, 6) is 0.647. The zero-order valence-electron chi connectivity index (χ0n) is 8.25. The van der Waals surface area contributed by atoms with E-state index in [2.05, 4.69) is 15.9 Å². The van der Waals surface area contributed by atoms with E-state index >= 15 is 0 Å². The van der Waals surface area contributed by atoms with Crippen LogP contribution in [0.2, 0.25) is 0 Å². The fourth-order valence-corrected chi connectivity index (χ4v) is 1.75. The summed E-state index contributed by atoms with van der Waals surface area (Å²) in [4.78, 5) is 0. The molecule has 3 N–H and O–H groups in total. The van der Waals surface area contributed by atoms with E-state index in [1.807, 2.05) is 13.0 Å². The predicted octanol–water partition coefficient (Wildman–Crippen LogP) is 2.10. The Balaban J connectivity index is 2.86. The van der Waals surface area contributed by atoms with E-state index < -0.39 is 6.10 Å². The maximum Gasteiger partial charge on any atom is 0.145 e. The molecule has 0 spiro atoms. The largest absolute Gasteiger partial charge is 0.488 e. The number of benzene rings is 1. The number of aliphatic hydroxyl groups is 1. The SMILES string of the molecule is Cc1cc(Br)cc(N)c1OCC(C)O. The molecule has 0 heterocycles. The van der Waals surface area contributed by atoms with Crippen LogP contribution in [0.25, 0.3) is 0 Å². The van der Waals surface area contributed by atoms with Crippen LogP contribution in [0.5, 0.6) is 5.75 Å². The van der Waals surface area contributed by atoms with E-state index in [9.17, 15) is 0 Å². The molecule has 0 saturated carbocycles. The Kier molecular flexibility index (Phi) is 3.77. The standard InChI is InChI=1S/C10H14BrNO2/c1-6-3-8(11)4-9(12)10(6)14-5-7(2)13/h3-4,7,13H,5,12H2,1-2H3. The fourth-order valence-electron chi connectivity index (χ4n) is 1.16. The Morgan fingerprint density at radius 1 is 1.57 bits per heavy atom. The predicted molar refractivity (Wildman–Crippen MR) is 60.5 cm³/mol. The van der Waals surface area contributed by atoms with E-state index in [0.717, 1.165) is 10.0 Å². The number of hydrogen-bond donors (Lipinski definition) is 2. The zero-order chi connectivity index (χ0) is 10.7. The summed E-state index contributed by atoms with van der Waals surface area (Å²) in [6.45, 7) is 3.84. The Morgan fingerprint density at radius 2 is 2.21 bits per heavy atom. The summed E-state index contributed by atoms with van der Waals surface area (Å²) in [6, 6.07) is 3.71. The number of anilines is 1. The number of aliphatic hydroxyl groups excluding tert-OH is 1. The molecule has 78 valence electrons. The van der Waals surface area contributed by atoms with Gasteiger partial charge in [-0.2, -0.15) is 0 Å². The summed E-state index contributed by atoms with van der Waals surface area (Å²) in [7, 11) is 0. The lowest BCUT2D eigenvalue weighted by Gasteiger charge is -2.13. The first-order chi connectivity index (χ1) is 6.50. The molecule has 1 atom stereocenters.